The van der Waals surface area contributed by atoms with Gasteiger partial charge in [0.05, 0.1) is 18.2 Å². The van der Waals surface area contributed by atoms with Crippen molar-refractivity contribution in [1.29, 1.82) is 0 Å². The lowest BCUT2D eigenvalue weighted by molar-refractivity contribution is 0.0468. The molecule has 162 valence electrons. The van der Waals surface area contributed by atoms with Crippen LogP contribution in [0.15, 0.2) is 36.4 Å². The van der Waals surface area contributed by atoms with Crippen molar-refractivity contribution in [2.24, 2.45) is 0 Å². The molecule has 1 aliphatic heterocycles. The van der Waals surface area contributed by atoms with Crippen LogP contribution in [-0.2, 0) is 16.1 Å². The highest BCUT2D eigenvalue weighted by Gasteiger charge is 2.23. The molecule has 9 nitrogen and oxygen atoms in total. The molecule has 31 heavy (non-hydrogen) atoms. The first kappa shape index (κ1) is 21.0. The molecule has 3 heterocycles. The van der Waals surface area contributed by atoms with E-state index in [1.165, 1.54) is 11.3 Å². The summed E-state index contributed by atoms with van der Waals surface area (Å²) < 4.78 is 11.0. The van der Waals surface area contributed by atoms with Gasteiger partial charge >= 0.3 is 5.97 Å². The van der Waals surface area contributed by atoms with Crippen molar-refractivity contribution in [1.82, 2.24) is 15.0 Å². The Morgan fingerprint density at radius 2 is 1.94 bits per heavy atom. The second kappa shape index (κ2) is 9.27. The minimum Gasteiger partial charge on any atom is -0.453 e. The number of carbonyl (C=O) groups excluding carboxylic acids is 1. The number of nitrogens with zero attached hydrogens (tertiary/aromatic N) is 5. The van der Waals surface area contributed by atoms with E-state index < -0.39 is 5.97 Å². The summed E-state index contributed by atoms with van der Waals surface area (Å²) in [5, 5.41) is 1.04. The number of carbonyl (C=O) groups is 1. The Bertz CT molecular complexity index is 1050. The summed E-state index contributed by atoms with van der Waals surface area (Å²) in [5.74, 6) is 0.377. The summed E-state index contributed by atoms with van der Waals surface area (Å²) in [6, 6.07) is 11.9. The van der Waals surface area contributed by atoms with E-state index in [-0.39, 0.29) is 12.6 Å². The van der Waals surface area contributed by atoms with Crippen LogP contribution >= 0.6 is 11.3 Å². The van der Waals surface area contributed by atoms with E-state index in [0.717, 1.165) is 29.2 Å². The number of rotatable bonds is 6. The van der Waals surface area contributed by atoms with E-state index in [0.29, 0.717) is 29.9 Å². The van der Waals surface area contributed by atoms with Gasteiger partial charge in [0.25, 0.3) is 0 Å². The predicted octanol–water partition coefficient (Wildman–Crippen LogP) is 2.44. The van der Waals surface area contributed by atoms with Gasteiger partial charge in [-0.05, 0) is 11.6 Å². The van der Waals surface area contributed by atoms with Gasteiger partial charge in [0.15, 0.2) is 12.4 Å². The zero-order valence-corrected chi connectivity index (χ0v) is 18.3. The summed E-state index contributed by atoms with van der Waals surface area (Å²) in [6.07, 6.45) is 0. The predicted molar refractivity (Wildman–Crippen MR) is 120 cm³/mol. The van der Waals surface area contributed by atoms with Gasteiger partial charge < -0.3 is 25.0 Å². The van der Waals surface area contributed by atoms with E-state index in [2.05, 4.69) is 19.9 Å². The molecule has 3 aromatic rings. The maximum absolute atomic E-state index is 12.8. The van der Waals surface area contributed by atoms with E-state index in [9.17, 15) is 4.79 Å². The van der Waals surface area contributed by atoms with E-state index in [1.807, 2.05) is 36.4 Å². The molecule has 0 bridgehead atoms. The molecular weight excluding hydrogens is 416 g/mol. The lowest BCUT2D eigenvalue weighted by Crippen LogP contribution is -2.35. The van der Waals surface area contributed by atoms with Crippen molar-refractivity contribution in [2.45, 2.75) is 6.61 Å². The van der Waals surface area contributed by atoms with E-state index in [4.69, 9.17) is 15.2 Å². The van der Waals surface area contributed by atoms with Crippen LogP contribution in [0.4, 0.5) is 16.9 Å². The molecule has 4 rings (SSSR count). The first-order valence-corrected chi connectivity index (χ1v) is 10.7. The van der Waals surface area contributed by atoms with Crippen LogP contribution in [0.1, 0.15) is 15.5 Å². The third kappa shape index (κ3) is 4.92. The number of nitrogens with two attached hydrogens (primary N) is 1. The summed E-state index contributed by atoms with van der Waals surface area (Å²) in [4.78, 5) is 29.7. The quantitative estimate of drug-likeness (QED) is 0.578. The van der Waals surface area contributed by atoms with Crippen LogP contribution in [0.5, 0.6) is 0 Å². The number of esters is 1. The topological polar surface area (TPSA) is 107 Å². The first-order valence-electron chi connectivity index (χ1n) is 9.88. The van der Waals surface area contributed by atoms with Gasteiger partial charge in [0.2, 0.25) is 11.9 Å². The maximum Gasteiger partial charge on any atom is 0.348 e. The molecule has 2 N–H and O–H groups in total. The average Bonchev–Trinajstić information content (AvgIpc) is 3.24. The lowest BCUT2D eigenvalue weighted by atomic mass is 10.1. The van der Waals surface area contributed by atoms with Crippen molar-refractivity contribution < 1.29 is 14.3 Å². The minimum absolute atomic E-state index is 0.0850. The number of hydrogen-bond donors (Lipinski definition) is 1. The van der Waals surface area contributed by atoms with Gasteiger partial charge in [0.1, 0.15) is 4.88 Å². The van der Waals surface area contributed by atoms with E-state index in [1.54, 1.807) is 19.0 Å². The number of nitrogen functional groups attached to an aromatic ring is 1. The summed E-state index contributed by atoms with van der Waals surface area (Å²) in [6.45, 7) is 2.82. The molecule has 0 unspecified atom stereocenters. The summed E-state index contributed by atoms with van der Waals surface area (Å²) in [7, 11) is 3.60. The average molecular weight is 441 g/mol. The third-order valence-electron chi connectivity index (χ3n) is 4.72. The monoisotopic (exact) mass is 440 g/mol. The van der Waals surface area contributed by atoms with Gasteiger partial charge in [-0.15, -0.1) is 11.3 Å². The molecule has 1 aliphatic rings. The number of anilines is 3. The Morgan fingerprint density at radius 3 is 2.65 bits per heavy atom. The highest BCUT2D eigenvalue weighted by Crippen LogP contribution is 2.39. The largest absolute Gasteiger partial charge is 0.453 e. The SMILES string of the molecule is CN(C)c1nc(N)nc(COC(=O)c2cc(-c3ccccc3)c(N3CCOCC3)s2)n1. The van der Waals surface area contributed by atoms with Gasteiger partial charge in [-0.1, -0.05) is 30.3 Å². The zero-order valence-electron chi connectivity index (χ0n) is 17.4. The molecule has 2 aromatic heterocycles. The summed E-state index contributed by atoms with van der Waals surface area (Å²) in [5.41, 5.74) is 7.81. The van der Waals surface area contributed by atoms with Crippen LogP contribution in [0.2, 0.25) is 0 Å². The molecule has 0 atom stereocenters. The highest BCUT2D eigenvalue weighted by molar-refractivity contribution is 7.18. The standard InChI is InChI=1S/C21H24N6O3S/c1-26(2)21-24-17(23-20(22)25-21)13-30-19(28)16-12-15(14-6-4-3-5-7-14)18(31-16)27-8-10-29-11-9-27/h3-7,12H,8-11,13H2,1-2H3,(H2,22,23,24,25). The zero-order chi connectivity index (χ0) is 21.8. The number of aromatic nitrogens is 3. The fourth-order valence-corrected chi connectivity index (χ4v) is 4.32. The van der Waals surface area contributed by atoms with Crippen LogP contribution in [0, 0.1) is 0 Å². The van der Waals surface area contributed by atoms with Crippen molar-refractivity contribution in [3.05, 3.63) is 47.1 Å². The summed E-state index contributed by atoms with van der Waals surface area (Å²) >= 11 is 1.43. The molecule has 0 amide bonds. The maximum atomic E-state index is 12.8. The number of thiophene rings is 1. The fraction of sp³-hybridized carbons (Fsp3) is 0.333. The molecule has 0 radical (unpaired) electrons. The second-order valence-electron chi connectivity index (χ2n) is 7.18. The first-order chi connectivity index (χ1) is 15.0. The number of benzene rings is 1. The second-order valence-corrected chi connectivity index (χ2v) is 8.21. The molecular formula is C21H24N6O3S. The van der Waals surface area contributed by atoms with Crippen molar-refractivity contribution >= 4 is 34.2 Å². The van der Waals surface area contributed by atoms with Crippen LogP contribution in [-0.4, -0.2) is 61.3 Å². The normalized spacial score (nSPS) is 13.8. The van der Waals surface area contributed by atoms with Crippen LogP contribution < -0.4 is 15.5 Å². The Hall–Kier alpha value is -3.24. The molecule has 1 aromatic carbocycles. The highest BCUT2D eigenvalue weighted by atomic mass is 32.1. The third-order valence-corrected chi connectivity index (χ3v) is 5.89. The Labute approximate surface area is 184 Å². The Morgan fingerprint density at radius 1 is 1.19 bits per heavy atom. The van der Waals surface area contributed by atoms with E-state index >= 15 is 0 Å². The molecule has 1 saturated heterocycles. The molecule has 0 aliphatic carbocycles. The lowest BCUT2D eigenvalue weighted by Gasteiger charge is -2.28. The molecule has 0 saturated carbocycles. The van der Waals surface area contributed by atoms with Gasteiger partial charge in [0, 0.05) is 32.7 Å². The number of ether oxygens (including phenoxy) is 2. The minimum atomic E-state index is -0.424. The number of morpholine rings is 1. The fourth-order valence-electron chi connectivity index (χ4n) is 3.20. The molecule has 10 heteroatoms. The van der Waals surface area contributed by atoms with Crippen LogP contribution in [0.3, 0.4) is 0 Å². The van der Waals surface area contributed by atoms with Gasteiger partial charge in [-0.3, -0.25) is 0 Å². The smallest absolute Gasteiger partial charge is 0.348 e. The Balaban J connectivity index is 1.56. The molecule has 1 fully saturated rings. The van der Waals surface area contributed by atoms with Crippen molar-refractivity contribution in [3.8, 4) is 11.1 Å². The Kier molecular flexibility index (Phi) is 6.28. The van der Waals surface area contributed by atoms with Crippen molar-refractivity contribution in [2.75, 3.05) is 55.9 Å². The van der Waals surface area contributed by atoms with Crippen molar-refractivity contribution in [3.63, 3.8) is 0 Å². The van der Waals surface area contributed by atoms with Crippen LogP contribution in [0.25, 0.3) is 11.1 Å². The van der Waals surface area contributed by atoms with Gasteiger partial charge in [-0.2, -0.15) is 15.0 Å². The number of hydrogen-bond acceptors (Lipinski definition) is 10. The van der Waals surface area contributed by atoms with Gasteiger partial charge in [-0.25, -0.2) is 4.79 Å². The molecule has 0 spiro atoms.